The molecule has 0 atom stereocenters. The van der Waals surface area contributed by atoms with Gasteiger partial charge in [0.05, 0.1) is 13.2 Å². The van der Waals surface area contributed by atoms with E-state index >= 15 is 0 Å². The summed E-state index contributed by atoms with van der Waals surface area (Å²) in [5.74, 6) is 0. The van der Waals surface area contributed by atoms with Crippen LogP contribution in [0.5, 0.6) is 0 Å². The van der Waals surface area contributed by atoms with Crippen molar-refractivity contribution in [2.75, 3.05) is 19.8 Å². The van der Waals surface area contributed by atoms with Gasteiger partial charge in [0, 0.05) is 5.41 Å². The molecule has 1 aromatic rings. The first-order valence-corrected chi connectivity index (χ1v) is 6.78. The van der Waals surface area contributed by atoms with Gasteiger partial charge in [0.2, 0.25) is 0 Å². The molecule has 18 heavy (non-hydrogen) atoms. The number of benzene rings is 1. The van der Waals surface area contributed by atoms with Crippen LogP contribution in [0.4, 0.5) is 0 Å². The van der Waals surface area contributed by atoms with Crippen molar-refractivity contribution < 1.29 is 4.74 Å². The smallest absolute Gasteiger partial charge is 0.0586 e. The molecule has 0 aliphatic carbocycles. The maximum atomic E-state index is 5.76. The molecule has 0 radical (unpaired) electrons. The minimum Gasteiger partial charge on any atom is -0.379 e. The van der Waals surface area contributed by atoms with Crippen molar-refractivity contribution >= 4 is 0 Å². The highest BCUT2D eigenvalue weighted by molar-refractivity contribution is 5.40. The van der Waals surface area contributed by atoms with Crippen LogP contribution in [-0.2, 0) is 15.6 Å². The fourth-order valence-corrected chi connectivity index (χ4v) is 2.78. The van der Waals surface area contributed by atoms with Gasteiger partial charge in [0.25, 0.3) is 0 Å². The van der Waals surface area contributed by atoms with E-state index in [0.29, 0.717) is 0 Å². The zero-order valence-corrected chi connectivity index (χ0v) is 12.0. The summed E-state index contributed by atoms with van der Waals surface area (Å²) in [6, 6.07) is 6.87. The quantitative estimate of drug-likeness (QED) is 0.891. The summed E-state index contributed by atoms with van der Waals surface area (Å²) in [6.45, 7) is 11.3. The van der Waals surface area contributed by atoms with E-state index in [0.717, 1.165) is 26.2 Å². The number of ether oxygens (including phenoxy) is 1. The minimum absolute atomic E-state index is 0.176. The summed E-state index contributed by atoms with van der Waals surface area (Å²) in [5.41, 5.74) is 10.3. The molecular formula is C16H25NO. The normalized spacial score (nSPS) is 18.5. The van der Waals surface area contributed by atoms with Gasteiger partial charge in [0.1, 0.15) is 0 Å². The summed E-state index contributed by atoms with van der Waals surface area (Å²) >= 11 is 0. The van der Waals surface area contributed by atoms with Crippen LogP contribution >= 0.6 is 0 Å². The first-order valence-electron chi connectivity index (χ1n) is 6.78. The van der Waals surface area contributed by atoms with Crippen LogP contribution in [0, 0.1) is 6.92 Å². The van der Waals surface area contributed by atoms with Gasteiger partial charge in [-0.05, 0) is 42.0 Å². The van der Waals surface area contributed by atoms with Gasteiger partial charge < -0.3 is 10.5 Å². The number of nitrogens with two attached hydrogens (primary N) is 1. The van der Waals surface area contributed by atoms with E-state index < -0.39 is 0 Å². The maximum absolute atomic E-state index is 5.76. The third kappa shape index (κ3) is 2.32. The van der Waals surface area contributed by atoms with Gasteiger partial charge in [0.15, 0.2) is 0 Å². The van der Waals surface area contributed by atoms with E-state index in [4.69, 9.17) is 10.5 Å². The second-order valence-corrected chi connectivity index (χ2v) is 6.59. The van der Waals surface area contributed by atoms with Crippen LogP contribution < -0.4 is 5.73 Å². The van der Waals surface area contributed by atoms with Gasteiger partial charge in [-0.3, -0.25) is 0 Å². The molecule has 100 valence electrons. The second-order valence-electron chi connectivity index (χ2n) is 6.59. The lowest BCUT2D eigenvalue weighted by Crippen LogP contribution is -2.48. The minimum atomic E-state index is 0.176. The average molecular weight is 247 g/mol. The van der Waals surface area contributed by atoms with Gasteiger partial charge in [-0.25, -0.2) is 0 Å². The van der Waals surface area contributed by atoms with Gasteiger partial charge in [-0.1, -0.05) is 39.0 Å². The number of rotatable bonds is 3. The first kappa shape index (κ1) is 13.6. The summed E-state index contributed by atoms with van der Waals surface area (Å²) in [4.78, 5) is 0. The molecule has 1 fully saturated rings. The van der Waals surface area contributed by atoms with Crippen LogP contribution in [0.2, 0.25) is 0 Å². The van der Waals surface area contributed by atoms with Crippen LogP contribution in [0.25, 0.3) is 0 Å². The lowest BCUT2D eigenvalue weighted by Gasteiger charge is -2.43. The molecule has 2 rings (SSSR count). The molecule has 2 N–H and O–H groups in total. The van der Waals surface area contributed by atoms with Gasteiger partial charge in [-0.2, -0.15) is 0 Å². The molecule has 2 heteroatoms. The molecule has 1 aromatic carbocycles. The number of hydrogen-bond donors (Lipinski definition) is 1. The van der Waals surface area contributed by atoms with Crippen molar-refractivity contribution in [2.24, 2.45) is 5.73 Å². The monoisotopic (exact) mass is 247 g/mol. The molecule has 1 aliphatic rings. The number of hydrogen-bond acceptors (Lipinski definition) is 2. The van der Waals surface area contributed by atoms with Crippen molar-refractivity contribution in [1.82, 2.24) is 0 Å². The Morgan fingerprint density at radius 3 is 2.33 bits per heavy atom. The van der Waals surface area contributed by atoms with E-state index in [9.17, 15) is 0 Å². The van der Waals surface area contributed by atoms with E-state index in [1.807, 2.05) is 0 Å². The number of aryl methyl sites for hydroxylation is 1. The molecule has 2 nitrogen and oxygen atoms in total. The van der Waals surface area contributed by atoms with Crippen LogP contribution in [0.3, 0.4) is 0 Å². The van der Waals surface area contributed by atoms with Gasteiger partial charge >= 0.3 is 0 Å². The lowest BCUT2D eigenvalue weighted by atomic mass is 9.73. The molecule has 0 unspecified atom stereocenters. The molecular weight excluding hydrogens is 222 g/mol. The third-order valence-corrected chi connectivity index (χ3v) is 4.04. The highest BCUT2D eigenvalue weighted by Crippen LogP contribution is 2.38. The molecule has 0 bridgehead atoms. The molecule has 1 saturated heterocycles. The largest absolute Gasteiger partial charge is 0.379 e. The van der Waals surface area contributed by atoms with E-state index in [2.05, 4.69) is 45.9 Å². The summed E-state index contributed by atoms with van der Waals surface area (Å²) < 4.78 is 5.44. The highest BCUT2D eigenvalue weighted by atomic mass is 16.5. The standard InChI is InChI=1S/C16H25NO/c1-12-9-13(15(2,3)4)5-6-14(12)16(7-8-17)10-18-11-16/h5-6,9H,7-8,10-11,17H2,1-4H3. The van der Waals surface area contributed by atoms with Crippen LogP contribution in [-0.4, -0.2) is 19.8 Å². The fourth-order valence-electron chi connectivity index (χ4n) is 2.78. The zero-order valence-electron chi connectivity index (χ0n) is 12.0. The molecule has 0 spiro atoms. The first-order chi connectivity index (χ1) is 8.39. The Hall–Kier alpha value is -0.860. The van der Waals surface area contributed by atoms with Crippen LogP contribution in [0.1, 0.15) is 43.9 Å². The molecule has 1 aliphatic heterocycles. The Labute approximate surface area is 111 Å². The Morgan fingerprint density at radius 2 is 1.94 bits per heavy atom. The Morgan fingerprint density at radius 1 is 1.28 bits per heavy atom. The average Bonchev–Trinajstić information content (AvgIpc) is 2.22. The van der Waals surface area contributed by atoms with E-state index in [-0.39, 0.29) is 10.8 Å². The fraction of sp³-hybridized carbons (Fsp3) is 0.625. The zero-order chi connectivity index (χ0) is 13.4. The second kappa shape index (κ2) is 4.67. The molecule has 1 heterocycles. The molecule has 0 saturated carbocycles. The molecule has 0 aromatic heterocycles. The van der Waals surface area contributed by atoms with Crippen molar-refractivity contribution in [3.8, 4) is 0 Å². The lowest BCUT2D eigenvalue weighted by molar-refractivity contribution is -0.0634. The Balaban J connectivity index is 2.35. The maximum Gasteiger partial charge on any atom is 0.0586 e. The third-order valence-electron chi connectivity index (χ3n) is 4.04. The summed E-state index contributed by atoms with van der Waals surface area (Å²) in [7, 11) is 0. The predicted octanol–water partition coefficient (Wildman–Crippen LogP) is 2.91. The summed E-state index contributed by atoms with van der Waals surface area (Å²) in [5, 5.41) is 0. The highest BCUT2D eigenvalue weighted by Gasteiger charge is 2.40. The van der Waals surface area contributed by atoms with Gasteiger partial charge in [-0.15, -0.1) is 0 Å². The van der Waals surface area contributed by atoms with E-state index in [1.165, 1.54) is 16.7 Å². The summed E-state index contributed by atoms with van der Waals surface area (Å²) in [6.07, 6.45) is 1.02. The van der Waals surface area contributed by atoms with Crippen molar-refractivity contribution in [1.29, 1.82) is 0 Å². The van der Waals surface area contributed by atoms with Crippen molar-refractivity contribution in [3.63, 3.8) is 0 Å². The Kier molecular flexibility index (Phi) is 3.52. The van der Waals surface area contributed by atoms with Crippen molar-refractivity contribution in [2.45, 2.75) is 44.9 Å². The molecule has 0 amide bonds. The SMILES string of the molecule is Cc1cc(C(C)(C)C)ccc1C1(CCN)COC1. The topological polar surface area (TPSA) is 35.2 Å². The Bertz CT molecular complexity index is 427. The van der Waals surface area contributed by atoms with Crippen molar-refractivity contribution in [3.05, 3.63) is 34.9 Å². The van der Waals surface area contributed by atoms with E-state index in [1.54, 1.807) is 0 Å². The predicted molar refractivity (Wildman–Crippen MR) is 76.0 cm³/mol. The van der Waals surface area contributed by atoms with Crippen LogP contribution in [0.15, 0.2) is 18.2 Å².